The molecule has 0 unspecified atom stereocenters. The Morgan fingerprint density at radius 2 is 1.25 bits per heavy atom. The van der Waals surface area contributed by atoms with Crippen molar-refractivity contribution < 1.29 is 0 Å². The highest BCUT2D eigenvalue weighted by molar-refractivity contribution is 4.63. The van der Waals surface area contributed by atoms with E-state index in [1.807, 2.05) is 40.7 Å². The van der Waals surface area contributed by atoms with Crippen LogP contribution in [0.25, 0.3) is 0 Å². The Balaban J connectivity index is -0.0000000397. The van der Waals surface area contributed by atoms with Gasteiger partial charge in [0.05, 0.1) is 0 Å². The summed E-state index contributed by atoms with van der Waals surface area (Å²) < 4.78 is 0. The number of unbranched alkanes of at least 4 members (excludes halogenated alkanes) is 1. The fraction of sp³-hybridized carbons (Fsp3) is 0.667. The van der Waals surface area contributed by atoms with E-state index >= 15 is 0 Å². The van der Waals surface area contributed by atoms with Crippen LogP contribution in [-0.4, -0.2) is 0 Å². The predicted molar refractivity (Wildman–Crippen MR) is 63.7 cm³/mol. The fourth-order valence-electron chi connectivity index (χ4n) is 0.204. The van der Waals surface area contributed by atoms with Gasteiger partial charge in [0.2, 0.25) is 0 Å². The Morgan fingerprint density at radius 1 is 1.00 bits per heavy atom. The van der Waals surface area contributed by atoms with Crippen molar-refractivity contribution in [3.05, 3.63) is 25.3 Å². The summed E-state index contributed by atoms with van der Waals surface area (Å²) in [5, 5.41) is 0. The van der Waals surface area contributed by atoms with Crippen LogP contribution < -0.4 is 0 Å². The second kappa shape index (κ2) is 77.8. The van der Waals surface area contributed by atoms with E-state index in [1.54, 1.807) is 6.08 Å². The van der Waals surface area contributed by atoms with Gasteiger partial charge < -0.3 is 0 Å². The Bertz CT molecular complexity index is 44.0. The zero-order valence-corrected chi connectivity index (χ0v) is 9.98. The summed E-state index contributed by atoms with van der Waals surface area (Å²) in [6, 6.07) is 0. The standard InChI is InChI=1S/C5H10.C3H6.2C2H6/c1-3-5-4-2;1-3-2;2*1-2/h3H,1,4-5H2,2H3;3H,1H2,2H3;2*1-2H3. The molecule has 0 bridgehead atoms. The minimum Gasteiger partial charge on any atom is -0.103 e. The minimum absolute atomic E-state index is 1.15. The molecule has 0 amide bonds. The maximum absolute atomic E-state index is 3.55. The van der Waals surface area contributed by atoms with Crippen molar-refractivity contribution in [3.8, 4) is 0 Å². The van der Waals surface area contributed by atoms with Gasteiger partial charge in [-0.2, -0.15) is 0 Å². The number of allylic oxidation sites excluding steroid dienone is 2. The van der Waals surface area contributed by atoms with E-state index < -0.39 is 0 Å². The van der Waals surface area contributed by atoms with Crippen molar-refractivity contribution >= 4 is 0 Å². The molecule has 0 radical (unpaired) electrons. The summed E-state index contributed by atoms with van der Waals surface area (Å²) in [7, 11) is 0. The summed E-state index contributed by atoms with van der Waals surface area (Å²) in [6.07, 6.45) is 6.06. The molecule has 0 aromatic carbocycles. The molecule has 0 heteroatoms. The van der Waals surface area contributed by atoms with Crippen LogP contribution in [0.15, 0.2) is 25.3 Å². The normalized spacial score (nSPS) is 5.17. The van der Waals surface area contributed by atoms with Crippen LogP contribution in [0.3, 0.4) is 0 Å². The predicted octanol–water partition coefficient (Wildman–Crippen LogP) is 5.22. The van der Waals surface area contributed by atoms with E-state index in [9.17, 15) is 0 Å². The van der Waals surface area contributed by atoms with Gasteiger partial charge in [-0.15, -0.1) is 13.2 Å². The van der Waals surface area contributed by atoms with E-state index in [0.717, 1.165) is 6.42 Å². The first-order valence-electron chi connectivity index (χ1n) is 5.01. The van der Waals surface area contributed by atoms with Crippen LogP contribution in [0.4, 0.5) is 0 Å². The van der Waals surface area contributed by atoms with Crippen molar-refractivity contribution in [2.24, 2.45) is 0 Å². The van der Waals surface area contributed by atoms with E-state index in [0.29, 0.717) is 0 Å². The van der Waals surface area contributed by atoms with Crippen molar-refractivity contribution in [2.45, 2.75) is 54.4 Å². The monoisotopic (exact) mass is 172 g/mol. The van der Waals surface area contributed by atoms with Gasteiger partial charge in [-0.1, -0.05) is 53.2 Å². The summed E-state index contributed by atoms with van der Waals surface area (Å²) in [5.74, 6) is 0. The molecule has 0 spiro atoms. The second-order valence-electron chi connectivity index (χ2n) is 1.49. The maximum atomic E-state index is 3.55. The molecule has 0 aromatic heterocycles. The Kier molecular flexibility index (Phi) is 146. The van der Waals surface area contributed by atoms with E-state index in [-0.39, 0.29) is 0 Å². The molecule has 76 valence electrons. The first-order chi connectivity index (χ1) is 5.83. The lowest BCUT2D eigenvalue weighted by atomic mass is 10.3. The van der Waals surface area contributed by atoms with Crippen molar-refractivity contribution in [2.75, 3.05) is 0 Å². The van der Waals surface area contributed by atoms with Crippen LogP contribution >= 0.6 is 0 Å². The Labute approximate surface area is 80.4 Å². The highest BCUT2D eigenvalue weighted by atomic mass is 13.7. The summed E-state index contributed by atoms with van der Waals surface area (Å²) in [6.45, 7) is 18.9. The molecule has 0 nitrogen and oxygen atoms in total. The third-order valence-electron chi connectivity index (χ3n) is 0.493. The van der Waals surface area contributed by atoms with Crippen molar-refractivity contribution in [1.82, 2.24) is 0 Å². The van der Waals surface area contributed by atoms with Gasteiger partial charge in [0.1, 0.15) is 0 Å². The van der Waals surface area contributed by atoms with Gasteiger partial charge in [-0.25, -0.2) is 0 Å². The molecule has 0 aliphatic carbocycles. The van der Waals surface area contributed by atoms with Crippen molar-refractivity contribution in [3.63, 3.8) is 0 Å². The number of hydrogen-bond donors (Lipinski definition) is 0. The minimum atomic E-state index is 1.15. The zero-order chi connectivity index (χ0) is 10.8. The summed E-state index contributed by atoms with van der Waals surface area (Å²) in [4.78, 5) is 0. The number of hydrogen-bond acceptors (Lipinski definition) is 0. The van der Waals surface area contributed by atoms with E-state index in [2.05, 4.69) is 20.1 Å². The Hall–Kier alpha value is -0.520. The average Bonchev–Trinajstić information content (AvgIpc) is 2.14. The van der Waals surface area contributed by atoms with Crippen molar-refractivity contribution in [1.29, 1.82) is 0 Å². The molecule has 0 saturated heterocycles. The SMILES string of the molecule is C=CC.C=CCCC.CC.CC. The fourth-order valence-corrected chi connectivity index (χ4v) is 0.204. The molecule has 0 rings (SSSR count). The van der Waals surface area contributed by atoms with Crippen LogP contribution in [0.5, 0.6) is 0 Å². The van der Waals surface area contributed by atoms with Crippen LogP contribution in [0.2, 0.25) is 0 Å². The molecule has 0 aliphatic heterocycles. The van der Waals surface area contributed by atoms with Gasteiger partial charge in [0.15, 0.2) is 0 Å². The summed E-state index contributed by atoms with van der Waals surface area (Å²) in [5.41, 5.74) is 0. The number of rotatable bonds is 2. The topological polar surface area (TPSA) is 0 Å². The quantitative estimate of drug-likeness (QED) is 0.501. The molecule has 12 heavy (non-hydrogen) atoms. The first-order valence-corrected chi connectivity index (χ1v) is 5.01. The van der Waals surface area contributed by atoms with Gasteiger partial charge in [-0.3, -0.25) is 0 Å². The molecule has 0 saturated carbocycles. The lowest BCUT2D eigenvalue weighted by Crippen LogP contribution is -1.52. The first kappa shape index (κ1) is 22.5. The van der Waals surface area contributed by atoms with E-state index in [1.165, 1.54) is 6.42 Å². The molecular weight excluding hydrogens is 144 g/mol. The van der Waals surface area contributed by atoms with Gasteiger partial charge in [-0.05, 0) is 13.3 Å². The Morgan fingerprint density at radius 3 is 1.25 bits per heavy atom. The second-order valence-corrected chi connectivity index (χ2v) is 1.49. The van der Waals surface area contributed by atoms with Crippen LogP contribution in [0, 0.1) is 0 Å². The third kappa shape index (κ3) is 311. The summed E-state index contributed by atoms with van der Waals surface area (Å²) >= 11 is 0. The third-order valence-corrected chi connectivity index (χ3v) is 0.493. The molecule has 0 heterocycles. The van der Waals surface area contributed by atoms with Crippen LogP contribution in [-0.2, 0) is 0 Å². The highest BCUT2D eigenvalue weighted by Crippen LogP contribution is 1.82. The molecule has 0 N–H and O–H groups in total. The maximum Gasteiger partial charge on any atom is -0.0356 e. The highest BCUT2D eigenvalue weighted by Gasteiger charge is 1.61. The molecule has 0 fully saturated rings. The van der Waals surface area contributed by atoms with Gasteiger partial charge in [0.25, 0.3) is 0 Å². The van der Waals surface area contributed by atoms with E-state index in [4.69, 9.17) is 0 Å². The van der Waals surface area contributed by atoms with Gasteiger partial charge in [0, 0.05) is 0 Å². The zero-order valence-electron chi connectivity index (χ0n) is 9.98. The molecule has 0 aromatic rings. The average molecular weight is 172 g/mol. The van der Waals surface area contributed by atoms with Gasteiger partial charge >= 0.3 is 0 Å². The van der Waals surface area contributed by atoms with Crippen LogP contribution in [0.1, 0.15) is 54.4 Å². The largest absolute Gasteiger partial charge is 0.103 e. The molecular formula is C12H28. The molecule has 0 aliphatic rings. The smallest absolute Gasteiger partial charge is 0.0356 e. The lowest BCUT2D eigenvalue weighted by molar-refractivity contribution is 0.961. The molecule has 0 atom stereocenters. The lowest BCUT2D eigenvalue weighted by Gasteiger charge is -1.72.